The van der Waals surface area contributed by atoms with Gasteiger partial charge in [0.1, 0.15) is 12.3 Å². The Bertz CT molecular complexity index is 1610. The molecule has 0 spiro atoms. The third kappa shape index (κ3) is 9.00. The fourth-order valence-corrected chi connectivity index (χ4v) is 4.21. The number of nitrogens with zero attached hydrogens (tertiary/aromatic N) is 6. The standard InChI is InChI=1S/C31H34F3N7O3/c1-22(5-7-25(23(2)31(32,33)34)21-40-13-11-39(3)12-14-40)37-30(42)26-17-24(18-35-19-26)6-8-27-20-36-28-9-10-29(38-41(27)28)44-16-15-43-4/h5,7,9-10,17-20H,2,11-16,21H2,1,3-4H3,(H,37,42)/b22-5+,25-7-. The lowest BCUT2D eigenvalue weighted by molar-refractivity contribution is -0.0894. The average molecular weight is 610 g/mol. The lowest BCUT2D eigenvalue weighted by atomic mass is 10.1. The van der Waals surface area contributed by atoms with E-state index < -0.39 is 17.7 Å². The van der Waals surface area contributed by atoms with Crippen LogP contribution in [0.1, 0.15) is 28.5 Å². The fourth-order valence-electron chi connectivity index (χ4n) is 4.21. The van der Waals surface area contributed by atoms with Crippen LogP contribution in [0.15, 0.2) is 72.4 Å². The van der Waals surface area contributed by atoms with Gasteiger partial charge in [0.05, 0.1) is 23.9 Å². The molecule has 0 bridgehead atoms. The highest BCUT2D eigenvalue weighted by atomic mass is 19.4. The molecule has 232 valence electrons. The number of fused-ring (bicyclic) bond motifs is 1. The number of likely N-dealkylation sites (N-methyl/N-ethyl adjacent to an activating group) is 1. The second kappa shape index (κ2) is 14.8. The fraction of sp³-hybridized carbons (Fsp3) is 0.355. The second-order valence-electron chi connectivity index (χ2n) is 10.2. The van der Waals surface area contributed by atoms with Crippen LogP contribution in [0.25, 0.3) is 5.65 Å². The highest BCUT2D eigenvalue weighted by Crippen LogP contribution is 2.30. The molecule has 1 aliphatic heterocycles. The number of piperazine rings is 1. The first-order chi connectivity index (χ1) is 21.0. The Morgan fingerprint density at radius 1 is 1.11 bits per heavy atom. The molecule has 1 fully saturated rings. The maximum atomic E-state index is 13.5. The van der Waals surface area contributed by atoms with Crippen molar-refractivity contribution < 1.29 is 27.4 Å². The van der Waals surface area contributed by atoms with E-state index in [2.05, 4.69) is 43.7 Å². The van der Waals surface area contributed by atoms with Crippen molar-refractivity contribution in [1.82, 2.24) is 34.7 Å². The zero-order valence-corrected chi connectivity index (χ0v) is 24.8. The molecule has 1 N–H and O–H groups in total. The number of carbonyl (C=O) groups is 1. The van der Waals surface area contributed by atoms with E-state index in [1.165, 1.54) is 24.5 Å². The van der Waals surface area contributed by atoms with Crippen molar-refractivity contribution >= 4 is 11.6 Å². The summed E-state index contributed by atoms with van der Waals surface area (Å²) in [6, 6.07) is 5.03. The molecular formula is C31H34F3N7O3. The van der Waals surface area contributed by atoms with Gasteiger partial charge in [-0.15, -0.1) is 5.10 Å². The number of nitrogens with one attached hydrogen (secondary N) is 1. The minimum atomic E-state index is -4.56. The smallest absolute Gasteiger partial charge is 0.416 e. The van der Waals surface area contributed by atoms with E-state index in [0.717, 1.165) is 13.1 Å². The molecule has 0 saturated carbocycles. The van der Waals surface area contributed by atoms with Crippen LogP contribution in [-0.2, 0) is 4.74 Å². The van der Waals surface area contributed by atoms with Crippen LogP contribution in [0, 0.1) is 11.8 Å². The van der Waals surface area contributed by atoms with Crippen molar-refractivity contribution in [1.29, 1.82) is 0 Å². The van der Waals surface area contributed by atoms with Crippen molar-refractivity contribution in [2.75, 3.05) is 60.1 Å². The van der Waals surface area contributed by atoms with Gasteiger partial charge in [0.2, 0.25) is 5.88 Å². The normalized spacial score (nSPS) is 15.1. The average Bonchev–Trinajstić information content (AvgIpc) is 3.40. The molecule has 1 amide bonds. The van der Waals surface area contributed by atoms with Crippen LogP contribution in [-0.4, -0.2) is 102 Å². The van der Waals surface area contributed by atoms with Crippen molar-refractivity contribution in [3.05, 3.63) is 89.2 Å². The number of carbonyl (C=O) groups excluding carboxylic acids is 1. The van der Waals surface area contributed by atoms with Crippen LogP contribution < -0.4 is 10.1 Å². The van der Waals surface area contributed by atoms with Gasteiger partial charge in [-0.2, -0.15) is 13.2 Å². The topological polar surface area (TPSA) is 97.1 Å². The number of hydrogen-bond donors (Lipinski definition) is 1. The van der Waals surface area contributed by atoms with Crippen LogP contribution in [0.2, 0.25) is 0 Å². The van der Waals surface area contributed by atoms with Gasteiger partial charge in [0, 0.05) is 69.6 Å². The molecule has 0 unspecified atom stereocenters. The zero-order chi connectivity index (χ0) is 31.7. The first-order valence-electron chi connectivity index (χ1n) is 13.8. The number of hydrogen-bond acceptors (Lipinski definition) is 8. The van der Waals surface area contributed by atoms with Gasteiger partial charge in [0.25, 0.3) is 5.91 Å². The first-order valence-corrected chi connectivity index (χ1v) is 13.8. The van der Waals surface area contributed by atoms with Crippen LogP contribution in [0.5, 0.6) is 5.88 Å². The summed E-state index contributed by atoms with van der Waals surface area (Å²) >= 11 is 0. The highest BCUT2D eigenvalue weighted by molar-refractivity contribution is 5.95. The van der Waals surface area contributed by atoms with Gasteiger partial charge in [-0.05, 0) is 43.7 Å². The van der Waals surface area contributed by atoms with Crippen LogP contribution in [0.4, 0.5) is 13.2 Å². The Kier molecular flexibility index (Phi) is 10.9. The summed E-state index contributed by atoms with van der Waals surface area (Å²) in [7, 11) is 3.56. The van der Waals surface area contributed by atoms with E-state index >= 15 is 0 Å². The van der Waals surface area contributed by atoms with Crippen LogP contribution in [0.3, 0.4) is 0 Å². The van der Waals surface area contributed by atoms with E-state index in [4.69, 9.17) is 9.47 Å². The van der Waals surface area contributed by atoms with Crippen molar-refractivity contribution in [2.45, 2.75) is 13.1 Å². The molecule has 0 radical (unpaired) electrons. The summed E-state index contributed by atoms with van der Waals surface area (Å²) in [6.45, 7) is 8.62. The van der Waals surface area contributed by atoms with Gasteiger partial charge in [-0.3, -0.25) is 14.7 Å². The molecule has 1 saturated heterocycles. The van der Waals surface area contributed by atoms with Crippen LogP contribution >= 0.6 is 0 Å². The lowest BCUT2D eigenvalue weighted by Gasteiger charge is -2.33. The summed E-state index contributed by atoms with van der Waals surface area (Å²) in [5.41, 5.74) is 1.29. The predicted octanol–water partition coefficient (Wildman–Crippen LogP) is 3.48. The molecular weight excluding hydrogens is 575 g/mol. The summed E-state index contributed by atoms with van der Waals surface area (Å²) in [5, 5.41) is 7.10. The number of alkyl halides is 3. The minimum absolute atomic E-state index is 0.0464. The number of ether oxygens (including phenoxy) is 2. The van der Waals surface area contributed by atoms with Gasteiger partial charge in [-0.1, -0.05) is 18.6 Å². The minimum Gasteiger partial charge on any atom is -0.474 e. The number of rotatable bonds is 10. The summed E-state index contributed by atoms with van der Waals surface area (Å²) < 4.78 is 52.7. The molecule has 0 aromatic carbocycles. The number of halogens is 3. The molecule has 3 aromatic rings. The predicted molar refractivity (Wildman–Crippen MR) is 159 cm³/mol. The molecule has 4 rings (SSSR count). The number of pyridine rings is 1. The zero-order valence-electron chi connectivity index (χ0n) is 24.8. The van der Waals surface area contributed by atoms with E-state index in [1.807, 2.05) is 11.9 Å². The number of imidazole rings is 1. The molecule has 0 atom stereocenters. The molecule has 4 heterocycles. The molecule has 13 heteroatoms. The third-order valence-corrected chi connectivity index (χ3v) is 6.78. The maximum absolute atomic E-state index is 13.5. The lowest BCUT2D eigenvalue weighted by Crippen LogP contribution is -2.45. The summed E-state index contributed by atoms with van der Waals surface area (Å²) in [4.78, 5) is 25.4. The maximum Gasteiger partial charge on any atom is 0.416 e. The van der Waals surface area contributed by atoms with Gasteiger partial charge in [0.15, 0.2) is 5.65 Å². The molecule has 3 aromatic heterocycles. The number of amides is 1. The van der Waals surface area contributed by atoms with Crippen molar-refractivity contribution in [3.63, 3.8) is 0 Å². The number of allylic oxidation sites excluding steroid dienone is 3. The van der Waals surface area contributed by atoms with Crippen molar-refractivity contribution in [2.24, 2.45) is 0 Å². The molecule has 1 aliphatic rings. The van der Waals surface area contributed by atoms with E-state index in [0.29, 0.717) is 54.8 Å². The van der Waals surface area contributed by atoms with Gasteiger partial charge < -0.3 is 19.7 Å². The quantitative estimate of drug-likeness (QED) is 0.212. The number of methoxy groups -OCH3 is 1. The molecule has 10 nitrogen and oxygen atoms in total. The summed E-state index contributed by atoms with van der Waals surface area (Å²) in [6.07, 6.45) is 2.72. The first kappa shape index (κ1) is 32.4. The van der Waals surface area contributed by atoms with Gasteiger partial charge >= 0.3 is 6.18 Å². The molecule has 0 aliphatic carbocycles. The van der Waals surface area contributed by atoms with E-state index in [9.17, 15) is 18.0 Å². The Morgan fingerprint density at radius 3 is 2.61 bits per heavy atom. The number of aromatic nitrogens is 4. The monoisotopic (exact) mass is 609 g/mol. The van der Waals surface area contributed by atoms with E-state index in [1.54, 1.807) is 42.9 Å². The second-order valence-corrected chi connectivity index (χ2v) is 10.2. The van der Waals surface area contributed by atoms with Gasteiger partial charge in [-0.25, -0.2) is 9.50 Å². The largest absolute Gasteiger partial charge is 0.474 e. The van der Waals surface area contributed by atoms with E-state index in [-0.39, 0.29) is 17.7 Å². The Balaban J connectivity index is 1.46. The Hall–Kier alpha value is -4.51. The summed E-state index contributed by atoms with van der Waals surface area (Å²) in [5.74, 6) is 5.87. The SMILES string of the molecule is C=C(/C(=C\C=C(/C)NC(=O)c1cncc(C#Cc2cnc3ccc(OCCOC)nn23)c1)CN1CCN(C)CC1)C(F)(F)F. The molecule has 44 heavy (non-hydrogen) atoms. The third-order valence-electron chi connectivity index (χ3n) is 6.78. The van der Waals surface area contributed by atoms with Crippen molar-refractivity contribution in [3.8, 4) is 17.7 Å². The highest BCUT2D eigenvalue weighted by Gasteiger charge is 2.34. The Labute approximate surface area is 253 Å². The Morgan fingerprint density at radius 2 is 1.89 bits per heavy atom.